The van der Waals surface area contributed by atoms with Gasteiger partial charge in [-0.1, -0.05) is 40.7 Å². The molecule has 2 aromatic carbocycles. The largest absolute Gasteiger partial charge is 0.355 e. The third-order valence-electron chi connectivity index (χ3n) is 3.46. The van der Waals surface area contributed by atoms with E-state index in [2.05, 4.69) is 15.5 Å². The standard InChI is InChI=1S/C16H12N4O/c1-11-10-17-19-20(11)13-7-8-15-14(9-13)16(21-18-15)12-5-3-2-4-6-12/h2-10H,1H3. The number of hydrogen-bond donors (Lipinski definition) is 0. The van der Waals surface area contributed by atoms with Gasteiger partial charge in [-0.05, 0) is 25.1 Å². The van der Waals surface area contributed by atoms with Crippen molar-refractivity contribution >= 4 is 10.9 Å². The summed E-state index contributed by atoms with van der Waals surface area (Å²) < 4.78 is 7.30. The highest BCUT2D eigenvalue weighted by atomic mass is 16.5. The molecule has 0 bridgehead atoms. The van der Waals surface area contributed by atoms with Crippen LogP contribution in [0.5, 0.6) is 0 Å². The molecule has 102 valence electrons. The molecule has 5 nitrogen and oxygen atoms in total. The maximum atomic E-state index is 5.51. The van der Waals surface area contributed by atoms with Crippen LogP contribution in [0.4, 0.5) is 0 Å². The average Bonchev–Trinajstić information content (AvgIpc) is 3.13. The van der Waals surface area contributed by atoms with Gasteiger partial charge in [0.15, 0.2) is 5.76 Å². The van der Waals surface area contributed by atoms with E-state index in [-0.39, 0.29) is 0 Å². The SMILES string of the molecule is Cc1cnnn1-c1ccc2noc(-c3ccccc3)c2c1. The van der Waals surface area contributed by atoms with Crippen LogP contribution in [-0.4, -0.2) is 20.2 Å². The number of fused-ring (bicyclic) bond motifs is 1. The first kappa shape index (κ1) is 11.8. The Morgan fingerprint density at radius 2 is 1.90 bits per heavy atom. The van der Waals surface area contributed by atoms with Crippen LogP contribution in [0.25, 0.3) is 27.9 Å². The summed E-state index contributed by atoms with van der Waals surface area (Å²) in [6, 6.07) is 15.9. The number of aryl methyl sites for hydroxylation is 1. The van der Waals surface area contributed by atoms with E-state index in [9.17, 15) is 0 Å². The van der Waals surface area contributed by atoms with Crippen molar-refractivity contribution in [3.63, 3.8) is 0 Å². The normalized spacial score (nSPS) is 11.1. The fourth-order valence-corrected chi connectivity index (χ4v) is 2.40. The van der Waals surface area contributed by atoms with Crippen molar-refractivity contribution < 1.29 is 4.52 Å². The van der Waals surface area contributed by atoms with Crippen LogP contribution in [0.15, 0.2) is 59.3 Å². The van der Waals surface area contributed by atoms with Crippen LogP contribution in [0.1, 0.15) is 5.69 Å². The Hall–Kier alpha value is -2.95. The topological polar surface area (TPSA) is 56.7 Å². The first-order valence-electron chi connectivity index (χ1n) is 6.65. The molecule has 2 heterocycles. The Morgan fingerprint density at radius 3 is 2.67 bits per heavy atom. The number of aromatic nitrogens is 4. The van der Waals surface area contributed by atoms with E-state index in [1.165, 1.54) is 0 Å². The Labute approximate surface area is 120 Å². The van der Waals surface area contributed by atoms with Gasteiger partial charge in [0.25, 0.3) is 0 Å². The molecule has 0 fully saturated rings. The first-order chi connectivity index (χ1) is 10.3. The summed E-state index contributed by atoms with van der Waals surface area (Å²) in [7, 11) is 0. The fraction of sp³-hybridized carbons (Fsp3) is 0.0625. The number of nitrogens with zero attached hydrogens (tertiary/aromatic N) is 4. The number of benzene rings is 2. The van der Waals surface area contributed by atoms with Crippen molar-refractivity contribution in [2.45, 2.75) is 6.92 Å². The third kappa shape index (κ3) is 1.90. The maximum absolute atomic E-state index is 5.51. The molecule has 0 spiro atoms. The van der Waals surface area contributed by atoms with Crippen LogP contribution in [-0.2, 0) is 0 Å². The number of rotatable bonds is 2. The van der Waals surface area contributed by atoms with Crippen LogP contribution < -0.4 is 0 Å². The molecule has 0 amide bonds. The van der Waals surface area contributed by atoms with Crippen molar-refractivity contribution in [3.8, 4) is 17.0 Å². The lowest BCUT2D eigenvalue weighted by molar-refractivity contribution is 0.441. The average molecular weight is 276 g/mol. The fourth-order valence-electron chi connectivity index (χ4n) is 2.40. The molecule has 2 aromatic heterocycles. The molecule has 0 saturated heterocycles. The zero-order valence-electron chi connectivity index (χ0n) is 11.4. The van der Waals surface area contributed by atoms with E-state index in [0.717, 1.165) is 33.6 Å². The summed E-state index contributed by atoms with van der Waals surface area (Å²) in [5.41, 5.74) is 3.76. The van der Waals surface area contributed by atoms with E-state index in [1.54, 1.807) is 10.9 Å². The Morgan fingerprint density at radius 1 is 1.05 bits per heavy atom. The van der Waals surface area contributed by atoms with Gasteiger partial charge < -0.3 is 4.52 Å². The minimum atomic E-state index is 0.769. The van der Waals surface area contributed by atoms with Gasteiger partial charge in [-0.2, -0.15) is 0 Å². The van der Waals surface area contributed by atoms with E-state index in [4.69, 9.17) is 4.52 Å². The maximum Gasteiger partial charge on any atom is 0.174 e. The Kier molecular flexibility index (Phi) is 2.57. The molecule has 0 N–H and O–H groups in total. The molecule has 0 aliphatic heterocycles. The second kappa shape index (κ2) is 4.56. The number of hydrogen-bond acceptors (Lipinski definition) is 4. The van der Waals surface area contributed by atoms with E-state index in [1.807, 2.05) is 55.5 Å². The van der Waals surface area contributed by atoms with E-state index in [0.29, 0.717) is 0 Å². The predicted octanol–water partition coefficient (Wildman–Crippen LogP) is 3.38. The molecule has 0 aliphatic carbocycles. The summed E-state index contributed by atoms with van der Waals surface area (Å²) in [5.74, 6) is 0.769. The van der Waals surface area contributed by atoms with Gasteiger partial charge in [-0.15, -0.1) is 5.10 Å². The zero-order valence-corrected chi connectivity index (χ0v) is 11.4. The van der Waals surface area contributed by atoms with Crippen LogP contribution >= 0.6 is 0 Å². The summed E-state index contributed by atoms with van der Waals surface area (Å²) in [4.78, 5) is 0. The lowest BCUT2D eigenvalue weighted by Gasteiger charge is -2.03. The molecule has 0 unspecified atom stereocenters. The molecule has 21 heavy (non-hydrogen) atoms. The summed E-state index contributed by atoms with van der Waals surface area (Å²) in [5, 5.41) is 13.1. The van der Waals surface area contributed by atoms with Gasteiger partial charge in [0.05, 0.1) is 23.0 Å². The van der Waals surface area contributed by atoms with E-state index < -0.39 is 0 Å². The van der Waals surface area contributed by atoms with E-state index >= 15 is 0 Å². The lowest BCUT2D eigenvalue weighted by Crippen LogP contribution is -1.98. The first-order valence-corrected chi connectivity index (χ1v) is 6.65. The quantitative estimate of drug-likeness (QED) is 0.563. The molecule has 0 radical (unpaired) electrons. The zero-order chi connectivity index (χ0) is 14.2. The molecule has 0 aliphatic rings. The van der Waals surface area contributed by atoms with Gasteiger partial charge >= 0.3 is 0 Å². The van der Waals surface area contributed by atoms with Gasteiger partial charge in [-0.25, -0.2) is 4.68 Å². The lowest BCUT2D eigenvalue weighted by atomic mass is 10.1. The Bertz CT molecular complexity index is 908. The minimum Gasteiger partial charge on any atom is -0.355 e. The van der Waals surface area contributed by atoms with Crippen molar-refractivity contribution in [1.82, 2.24) is 20.2 Å². The van der Waals surface area contributed by atoms with Crippen molar-refractivity contribution in [2.24, 2.45) is 0 Å². The molecule has 0 atom stereocenters. The summed E-state index contributed by atoms with van der Waals surface area (Å²) in [6.45, 7) is 1.97. The molecule has 5 heteroatoms. The molecule has 0 saturated carbocycles. The molecular formula is C16H12N4O. The smallest absolute Gasteiger partial charge is 0.174 e. The van der Waals surface area contributed by atoms with Crippen molar-refractivity contribution in [1.29, 1.82) is 0 Å². The van der Waals surface area contributed by atoms with Gasteiger partial charge in [0.1, 0.15) is 5.52 Å². The molecule has 4 aromatic rings. The summed E-state index contributed by atoms with van der Waals surface area (Å²) in [6.07, 6.45) is 1.73. The van der Waals surface area contributed by atoms with Crippen LogP contribution in [0.3, 0.4) is 0 Å². The van der Waals surface area contributed by atoms with Crippen LogP contribution in [0.2, 0.25) is 0 Å². The van der Waals surface area contributed by atoms with Gasteiger partial charge in [0.2, 0.25) is 0 Å². The summed E-state index contributed by atoms with van der Waals surface area (Å²) >= 11 is 0. The van der Waals surface area contributed by atoms with Gasteiger partial charge in [0, 0.05) is 5.56 Å². The minimum absolute atomic E-state index is 0.769. The van der Waals surface area contributed by atoms with Crippen LogP contribution in [0, 0.1) is 6.92 Å². The highest BCUT2D eigenvalue weighted by Crippen LogP contribution is 2.30. The second-order valence-electron chi connectivity index (χ2n) is 4.87. The highest BCUT2D eigenvalue weighted by molar-refractivity contribution is 5.92. The molecular weight excluding hydrogens is 264 g/mol. The second-order valence-corrected chi connectivity index (χ2v) is 4.87. The van der Waals surface area contributed by atoms with Crippen molar-refractivity contribution in [3.05, 3.63) is 60.4 Å². The monoisotopic (exact) mass is 276 g/mol. The highest BCUT2D eigenvalue weighted by Gasteiger charge is 2.12. The molecule has 4 rings (SSSR count). The Balaban J connectivity index is 1.93. The third-order valence-corrected chi connectivity index (χ3v) is 3.46. The predicted molar refractivity (Wildman–Crippen MR) is 79.1 cm³/mol. The van der Waals surface area contributed by atoms with Crippen molar-refractivity contribution in [2.75, 3.05) is 0 Å². The van der Waals surface area contributed by atoms with Gasteiger partial charge in [-0.3, -0.25) is 0 Å².